The molecule has 1 amide bonds. The maximum atomic E-state index is 12.4. The van der Waals surface area contributed by atoms with E-state index in [4.69, 9.17) is 5.26 Å². The fraction of sp³-hybridized carbons (Fsp3) is 0.500. The zero-order valence-electron chi connectivity index (χ0n) is 12.2. The fourth-order valence-electron chi connectivity index (χ4n) is 2.69. The van der Waals surface area contributed by atoms with E-state index >= 15 is 0 Å². The zero-order valence-corrected chi connectivity index (χ0v) is 13.0. The van der Waals surface area contributed by atoms with E-state index in [1.807, 2.05) is 17.0 Å². The maximum absolute atomic E-state index is 12.4. The Bertz CT molecular complexity index is 524. The van der Waals surface area contributed by atoms with Crippen LogP contribution in [-0.2, 0) is 4.79 Å². The van der Waals surface area contributed by atoms with Crippen molar-refractivity contribution in [2.45, 2.75) is 30.7 Å². The van der Waals surface area contributed by atoms with E-state index in [1.165, 1.54) is 11.8 Å². The van der Waals surface area contributed by atoms with Crippen LogP contribution in [0.4, 0.5) is 0 Å². The molecule has 0 bridgehead atoms. The number of nitriles is 1. The lowest BCUT2D eigenvalue weighted by Crippen LogP contribution is -2.50. The second-order valence-electron chi connectivity index (χ2n) is 5.38. The van der Waals surface area contributed by atoms with Crippen LogP contribution in [0.1, 0.15) is 25.3 Å². The second kappa shape index (κ2) is 7.48. The predicted octanol–water partition coefficient (Wildman–Crippen LogP) is 2.27. The Labute approximate surface area is 129 Å². The third-order valence-electron chi connectivity index (χ3n) is 3.97. The Morgan fingerprint density at radius 3 is 2.81 bits per heavy atom. The molecule has 1 fully saturated rings. The first-order valence-electron chi connectivity index (χ1n) is 7.19. The van der Waals surface area contributed by atoms with E-state index in [2.05, 4.69) is 13.0 Å². The van der Waals surface area contributed by atoms with Gasteiger partial charge in [0, 0.05) is 11.4 Å². The molecule has 1 aliphatic heterocycles. The fourth-order valence-corrected chi connectivity index (χ4v) is 3.48. The number of benzene rings is 1. The molecule has 4 nitrogen and oxygen atoms in total. The summed E-state index contributed by atoms with van der Waals surface area (Å²) in [5.74, 6) is 0.803. The molecular formula is C16H20N2O2S. The van der Waals surface area contributed by atoms with Crippen molar-refractivity contribution in [1.29, 1.82) is 5.26 Å². The Morgan fingerprint density at radius 2 is 2.19 bits per heavy atom. The van der Waals surface area contributed by atoms with E-state index in [1.54, 1.807) is 12.1 Å². The summed E-state index contributed by atoms with van der Waals surface area (Å²) in [5, 5.41) is 18.2. The molecule has 0 saturated carbocycles. The number of aliphatic hydroxyl groups excluding tert-OH is 1. The minimum Gasteiger partial charge on any atom is -0.394 e. The molecule has 0 aliphatic carbocycles. The van der Waals surface area contributed by atoms with E-state index in [0.29, 0.717) is 17.2 Å². The number of hydrogen-bond acceptors (Lipinski definition) is 4. The van der Waals surface area contributed by atoms with Gasteiger partial charge in [0.05, 0.1) is 30.0 Å². The normalized spacial score (nSPS) is 21.9. The van der Waals surface area contributed by atoms with Crippen LogP contribution in [-0.4, -0.2) is 40.9 Å². The largest absolute Gasteiger partial charge is 0.394 e. The highest BCUT2D eigenvalue weighted by Gasteiger charge is 2.30. The smallest absolute Gasteiger partial charge is 0.233 e. The molecule has 0 spiro atoms. The van der Waals surface area contributed by atoms with Gasteiger partial charge in [0.15, 0.2) is 0 Å². The Hall–Kier alpha value is -1.51. The van der Waals surface area contributed by atoms with Crippen LogP contribution in [0.3, 0.4) is 0 Å². The van der Waals surface area contributed by atoms with Gasteiger partial charge in [-0.05, 0) is 43.0 Å². The maximum Gasteiger partial charge on any atom is 0.233 e. The van der Waals surface area contributed by atoms with Crippen LogP contribution >= 0.6 is 11.8 Å². The van der Waals surface area contributed by atoms with Crippen LogP contribution in [0.2, 0.25) is 0 Å². The number of likely N-dealkylation sites (tertiary alicyclic amines) is 1. The molecule has 1 N–H and O–H groups in total. The summed E-state index contributed by atoms with van der Waals surface area (Å²) in [7, 11) is 0. The number of hydrogen-bond donors (Lipinski definition) is 1. The first-order chi connectivity index (χ1) is 10.2. The van der Waals surface area contributed by atoms with Gasteiger partial charge in [0.2, 0.25) is 5.91 Å². The lowest BCUT2D eigenvalue weighted by molar-refractivity contribution is -0.134. The molecule has 2 rings (SSSR count). The third-order valence-corrected chi connectivity index (χ3v) is 4.97. The topological polar surface area (TPSA) is 64.3 Å². The number of thioether (sulfide) groups is 1. The summed E-state index contributed by atoms with van der Waals surface area (Å²) in [5.41, 5.74) is 0.621. The van der Waals surface area contributed by atoms with Gasteiger partial charge in [-0.3, -0.25) is 4.79 Å². The van der Waals surface area contributed by atoms with Gasteiger partial charge >= 0.3 is 0 Å². The average molecular weight is 304 g/mol. The van der Waals surface area contributed by atoms with Crippen molar-refractivity contribution < 1.29 is 9.90 Å². The highest BCUT2D eigenvalue weighted by atomic mass is 32.2. The minimum atomic E-state index is -0.0483. The van der Waals surface area contributed by atoms with E-state index in [9.17, 15) is 9.90 Å². The lowest BCUT2D eigenvalue weighted by Gasteiger charge is -2.39. The van der Waals surface area contributed by atoms with Gasteiger partial charge in [-0.25, -0.2) is 0 Å². The van der Waals surface area contributed by atoms with Crippen LogP contribution in [0.5, 0.6) is 0 Å². The van der Waals surface area contributed by atoms with Crippen molar-refractivity contribution in [3.05, 3.63) is 29.8 Å². The molecule has 1 saturated heterocycles. The molecule has 0 aromatic heterocycles. The molecule has 5 heteroatoms. The summed E-state index contributed by atoms with van der Waals surface area (Å²) in [6.07, 6.45) is 2.07. The number of piperidine rings is 1. The predicted molar refractivity (Wildman–Crippen MR) is 82.9 cm³/mol. The summed E-state index contributed by atoms with van der Waals surface area (Å²) < 4.78 is 0. The average Bonchev–Trinajstić information content (AvgIpc) is 2.52. The minimum absolute atomic E-state index is 0.0362. The van der Waals surface area contributed by atoms with Gasteiger partial charge in [-0.2, -0.15) is 5.26 Å². The van der Waals surface area contributed by atoms with Crippen LogP contribution in [0.15, 0.2) is 29.2 Å². The zero-order chi connectivity index (χ0) is 15.2. The van der Waals surface area contributed by atoms with Gasteiger partial charge in [-0.15, -0.1) is 11.8 Å². The molecule has 0 radical (unpaired) electrons. The first-order valence-corrected chi connectivity index (χ1v) is 8.17. The number of nitrogens with zero attached hydrogens (tertiary/aromatic N) is 2. The number of rotatable bonds is 4. The van der Waals surface area contributed by atoms with Crippen molar-refractivity contribution in [2.75, 3.05) is 18.9 Å². The summed E-state index contributed by atoms with van der Waals surface area (Å²) in [6.45, 7) is 2.87. The molecule has 21 heavy (non-hydrogen) atoms. The van der Waals surface area contributed by atoms with E-state index in [-0.39, 0.29) is 18.6 Å². The summed E-state index contributed by atoms with van der Waals surface area (Å²) >= 11 is 1.47. The summed E-state index contributed by atoms with van der Waals surface area (Å²) in [6, 6.07) is 9.26. The number of amides is 1. The van der Waals surface area contributed by atoms with Crippen molar-refractivity contribution in [3.8, 4) is 6.07 Å². The second-order valence-corrected chi connectivity index (χ2v) is 6.43. The molecule has 2 atom stereocenters. The van der Waals surface area contributed by atoms with Gasteiger partial charge in [0.1, 0.15) is 0 Å². The monoisotopic (exact) mass is 304 g/mol. The molecule has 1 aliphatic rings. The lowest BCUT2D eigenvalue weighted by atomic mass is 9.91. The molecule has 1 aromatic rings. The molecule has 112 valence electrons. The summed E-state index contributed by atoms with van der Waals surface area (Å²) in [4.78, 5) is 15.2. The molecule has 2 unspecified atom stereocenters. The van der Waals surface area contributed by atoms with Crippen molar-refractivity contribution in [2.24, 2.45) is 5.92 Å². The Morgan fingerprint density at radius 1 is 1.48 bits per heavy atom. The van der Waals surface area contributed by atoms with Gasteiger partial charge in [0.25, 0.3) is 0 Å². The van der Waals surface area contributed by atoms with Crippen LogP contribution in [0.25, 0.3) is 0 Å². The highest BCUT2D eigenvalue weighted by molar-refractivity contribution is 8.00. The Balaban J connectivity index is 1.92. The van der Waals surface area contributed by atoms with E-state index in [0.717, 1.165) is 24.3 Å². The first kappa shape index (κ1) is 15.9. The standard InChI is InChI=1S/C16H20N2O2S/c1-12-3-2-8-18(15(12)10-19)16(20)11-21-14-6-4-13(9-17)5-7-14/h4-7,12,15,19H,2-3,8,10-11H2,1H3. The van der Waals surface area contributed by atoms with Crippen LogP contribution in [0, 0.1) is 17.2 Å². The highest BCUT2D eigenvalue weighted by Crippen LogP contribution is 2.25. The van der Waals surface area contributed by atoms with E-state index < -0.39 is 0 Å². The molecule has 1 heterocycles. The SMILES string of the molecule is CC1CCCN(C(=O)CSc2ccc(C#N)cc2)C1CO. The number of aliphatic hydroxyl groups is 1. The molecule has 1 aromatic carbocycles. The molecular weight excluding hydrogens is 284 g/mol. The Kier molecular flexibility index (Phi) is 5.66. The number of carbonyl (C=O) groups is 1. The van der Waals surface area contributed by atoms with Gasteiger partial charge < -0.3 is 10.0 Å². The van der Waals surface area contributed by atoms with Crippen molar-refractivity contribution in [1.82, 2.24) is 4.90 Å². The van der Waals surface area contributed by atoms with Crippen molar-refractivity contribution in [3.63, 3.8) is 0 Å². The van der Waals surface area contributed by atoms with Gasteiger partial charge in [-0.1, -0.05) is 6.92 Å². The quantitative estimate of drug-likeness (QED) is 0.867. The van der Waals surface area contributed by atoms with Crippen molar-refractivity contribution >= 4 is 17.7 Å². The number of carbonyl (C=O) groups excluding carboxylic acids is 1. The third kappa shape index (κ3) is 3.99. The van der Waals surface area contributed by atoms with Crippen LogP contribution < -0.4 is 0 Å².